The number of likely N-dealkylation sites (tertiary alicyclic amines) is 1. The van der Waals surface area contributed by atoms with Crippen molar-refractivity contribution in [3.05, 3.63) is 54.3 Å². The number of amides is 2. The van der Waals surface area contributed by atoms with E-state index in [0.717, 1.165) is 18.4 Å². The highest BCUT2D eigenvalue weighted by molar-refractivity contribution is 5.94. The highest BCUT2D eigenvalue weighted by atomic mass is 16.5. The Kier molecular flexibility index (Phi) is 4.92. The van der Waals surface area contributed by atoms with E-state index in [1.807, 2.05) is 12.1 Å². The van der Waals surface area contributed by atoms with E-state index in [2.05, 4.69) is 15.5 Å². The van der Waals surface area contributed by atoms with Crippen LogP contribution in [0.15, 0.2) is 51.8 Å². The maximum atomic E-state index is 12.5. The van der Waals surface area contributed by atoms with E-state index in [-0.39, 0.29) is 17.7 Å². The second-order valence-corrected chi connectivity index (χ2v) is 6.82. The molecule has 4 rings (SSSR count). The number of carbonyl (C=O) groups excluding carboxylic acids is 2. The third-order valence-corrected chi connectivity index (χ3v) is 4.73. The molecule has 144 valence electrons. The van der Waals surface area contributed by atoms with E-state index in [9.17, 15) is 9.59 Å². The van der Waals surface area contributed by atoms with Crippen LogP contribution in [0.4, 0.5) is 5.69 Å². The molecule has 1 fully saturated rings. The summed E-state index contributed by atoms with van der Waals surface area (Å²) in [7, 11) is 0. The van der Waals surface area contributed by atoms with Crippen molar-refractivity contribution in [2.24, 2.45) is 0 Å². The normalized spacial score (nSPS) is 16.8. The molecule has 0 radical (unpaired) electrons. The largest absolute Gasteiger partial charge is 0.472 e. The van der Waals surface area contributed by atoms with Crippen LogP contribution in [-0.4, -0.2) is 39.9 Å². The van der Waals surface area contributed by atoms with Crippen molar-refractivity contribution < 1.29 is 18.5 Å². The molecule has 1 atom stereocenters. The molecule has 2 aromatic heterocycles. The standard InChI is InChI=1S/C20H20N4O4/c1-13(25)21-17-6-4-14(5-7-17)18-22-19(28-23-18)15-3-2-9-24(11-15)20(26)16-8-10-27-12-16/h4-8,10,12,15H,2-3,9,11H2,1H3,(H,21,25)/t15-/m0/s1. The first-order valence-corrected chi connectivity index (χ1v) is 9.13. The third kappa shape index (κ3) is 3.80. The molecule has 0 aliphatic carbocycles. The van der Waals surface area contributed by atoms with Gasteiger partial charge >= 0.3 is 0 Å². The van der Waals surface area contributed by atoms with Gasteiger partial charge in [-0.2, -0.15) is 4.98 Å². The van der Waals surface area contributed by atoms with Crippen LogP contribution in [0, 0.1) is 0 Å². The topological polar surface area (TPSA) is 101 Å². The summed E-state index contributed by atoms with van der Waals surface area (Å²) < 4.78 is 10.5. The molecule has 2 amide bonds. The zero-order valence-electron chi connectivity index (χ0n) is 15.4. The summed E-state index contributed by atoms with van der Waals surface area (Å²) in [6.45, 7) is 2.70. The van der Waals surface area contributed by atoms with Gasteiger partial charge in [-0.25, -0.2) is 0 Å². The summed E-state index contributed by atoms with van der Waals surface area (Å²) >= 11 is 0. The third-order valence-electron chi connectivity index (χ3n) is 4.73. The molecule has 0 bridgehead atoms. The number of nitrogens with zero attached hydrogens (tertiary/aromatic N) is 3. The van der Waals surface area contributed by atoms with E-state index < -0.39 is 0 Å². The molecule has 3 heterocycles. The van der Waals surface area contributed by atoms with Gasteiger partial charge in [0.25, 0.3) is 5.91 Å². The van der Waals surface area contributed by atoms with Crippen LogP contribution >= 0.6 is 0 Å². The molecule has 0 unspecified atom stereocenters. The van der Waals surface area contributed by atoms with Crippen molar-refractivity contribution in [3.8, 4) is 11.4 Å². The van der Waals surface area contributed by atoms with Gasteiger partial charge in [-0.1, -0.05) is 5.16 Å². The number of hydrogen-bond acceptors (Lipinski definition) is 6. The molecule has 1 N–H and O–H groups in total. The molecule has 0 spiro atoms. The van der Waals surface area contributed by atoms with E-state index in [4.69, 9.17) is 8.94 Å². The first-order chi connectivity index (χ1) is 13.6. The van der Waals surface area contributed by atoms with Crippen molar-refractivity contribution in [1.82, 2.24) is 15.0 Å². The van der Waals surface area contributed by atoms with Crippen molar-refractivity contribution in [2.75, 3.05) is 18.4 Å². The number of anilines is 1. The zero-order valence-corrected chi connectivity index (χ0v) is 15.4. The fourth-order valence-corrected chi connectivity index (χ4v) is 3.36. The van der Waals surface area contributed by atoms with Crippen LogP contribution in [0.5, 0.6) is 0 Å². The van der Waals surface area contributed by atoms with Crippen LogP contribution in [0.2, 0.25) is 0 Å². The molecule has 1 aromatic carbocycles. The van der Waals surface area contributed by atoms with Gasteiger partial charge in [0.05, 0.1) is 17.7 Å². The van der Waals surface area contributed by atoms with Crippen molar-refractivity contribution in [1.29, 1.82) is 0 Å². The first kappa shape index (κ1) is 18.0. The number of benzene rings is 1. The summed E-state index contributed by atoms with van der Waals surface area (Å²) in [5.74, 6) is 0.853. The number of hydrogen-bond donors (Lipinski definition) is 1. The minimum Gasteiger partial charge on any atom is -0.472 e. The molecule has 1 saturated heterocycles. The summed E-state index contributed by atoms with van der Waals surface area (Å²) in [6, 6.07) is 8.91. The van der Waals surface area contributed by atoms with E-state index in [1.165, 1.54) is 19.5 Å². The highest BCUT2D eigenvalue weighted by Gasteiger charge is 2.29. The van der Waals surface area contributed by atoms with E-state index in [0.29, 0.717) is 36.1 Å². The fourth-order valence-electron chi connectivity index (χ4n) is 3.36. The predicted octanol–water partition coefficient (Wildman–Crippen LogP) is 3.31. The Morgan fingerprint density at radius 1 is 1.21 bits per heavy atom. The second-order valence-electron chi connectivity index (χ2n) is 6.82. The van der Waals surface area contributed by atoms with E-state index >= 15 is 0 Å². The van der Waals surface area contributed by atoms with Gasteiger partial charge in [0.15, 0.2) is 0 Å². The molecule has 8 heteroatoms. The number of aromatic nitrogens is 2. The lowest BCUT2D eigenvalue weighted by atomic mass is 9.97. The van der Waals surface area contributed by atoms with E-state index in [1.54, 1.807) is 23.1 Å². The first-order valence-electron chi connectivity index (χ1n) is 9.13. The lowest BCUT2D eigenvalue weighted by molar-refractivity contribution is -0.114. The van der Waals surface area contributed by atoms with Crippen molar-refractivity contribution >= 4 is 17.5 Å². The Bertz CT molecular complexity index is 963. The Labute approximate surface area is 161 Å². The summed E-state index contributed by atoms with van der Waals surface area (Å²) in [4.78, 5) is 30.0. The van der Waals surface area contributed by atoms with Crippen LogP contribution in [-0.2, 0) is 4.79 Å². The molecule has 8 nitrogen and oxygen atoms in total. The number of piperidine rings is 1. The highest BCUT2D eigenvalue weighted by Crippen LogP contribution is 2.28. The number of furan rings is 1. The average molecular weight is 380 g/mol. The Morgan fingerprint density at radius 3 is 2.75 bits per heavy atom. The number of carbonyl (C=O) groups is 2. The SMILES string of the molecule is CC(=O)Nc1ccc(-c2noc([C@H]3CCCN(C(=O)c4ccoc4)C3)n2)cc1. The summed E-state index contributed by atoms with van der Waals surface area (Å²) in [5.41, 5.74) is 2.05. The monoisotopic (exact) mass is 380 g/mol. The van der Waals surface area contributed by atoms with Crippen LogP contribution < -0.4 is 5.32 Å². The molecule has 28 heavy (non-hydrogen) atoms. The number of rotatable bonds is 4. The maximum absolute atomic E-state index is 12.5. The minimum absolute atomic E-state index is 0.00417. The number of nitrogens with one attached hydrogen (secondary N) is 1. The van der Waals surface area contributed by atoms with Crippen molar-refractivity contribution in [3.63, 3.8) is 0 Å². The molecule has 3 aromatic rings. The predicted molar refractivity (Wildman–Crippen MR) is 101 cm³/mol. The Balaban J connectivity index is 1.46. The maximum Gasteiger partial charge on any atom is 0.257 e. The quantitative estimate of drug-likeness (QED) is 0.745. The van der Waals surface area contributed by atoms with Crippen LogP contribution in [0.1, 0.15) is 41.9 Å². The lowest BCUT2D eigenvalue weighted by Crippen LogP contribution is -2.39. The fraction of sp³-hybridized carbons (Fsp3) is 0.300. The van der Waals surface area contributed by atoms with Gasteiger partial charge in [0.2, 0.25) is 17.6 Å². The molecular weight excluding hydrogens is 360 g/mol. The zero-order chi connectivity index (χ0) is 19.5. The molecule has 1 aliphatic rings. The van der Waals surface area contributed by atoms with Gasteiger partial charge in [0, 0.05) is 31.3 Å². The summed E-state index contributed by atoms with van der Waals surface area (Å²) in [6.07, 6.45) is 4.72. The average Bonchev–Trinajstić information content (AvgIpc) is 3.40. The van der Waals surface area contributed by atoms with Gasteiger partial charge in [0.1, 0.15) is 6.26 Å². The van der Waals surface area contributed by atoms with Gasteiger partial charge in [-0.05, 0) is 43.2 Å². The van der Waals surface area contributed by atoms with Crippen LogP contribution in [0.3, 0.4) is 0 Å². The lowest BCUT2D eigenvalue weighted by Gasteiger charge is -2.30. The Morgan fingerprint density at radius 2 is 2.04 bits per heavy atom. The van der Waals surface area contributed by atoms with Crippen molar-refractivity contribution in [2.45, 2.75) is 25.7 Å². The molecule has 0 saturated carbocycles. The summed E-state index contributed by atoms with van der Waals surface area (Å²) in [5, 5.41) is 6.80. The molecular formula is C20H20N4O4. The Hall–Kier alpha value is -3.42. The van der Waals surface area contributed by atoms with Gasteiger partial charge in [-0.15, -0.1) is 0 Å². The van der Waals surface area contributed by atoms with Gasteiger partial charge < -0.3 is 19.2 Å². The smallest absolute Gasteiger partial charge is 0.257 e. The van der Waals surface area contributed by atoms with Crippen LogP contribution in [0.25, 0.3) is 11.4 Å². The van der Waals surface area contributed by atoms with Gasteiger partial charge in [-0.3, -0.25) is 9.59 Å². The second kappa shape index (κ2) is 7.67. The molecule has 1 aliphatic heterocycles. The minimum atomic E-state index is -0.124.